The van der Waals surface area contributed by atoms with Crippen LogP contribution >= 0.6 is 0 Å². The third-order valence-corrected chi connectivity index (χ3v) is 8.62. The van der Waals surface area contributed by atoms with E-state index in [1.165, 1.54) is 13.2 Å². The molecule has 0 aromatic carbocycles. The van der Waals surface area contributed by atoms with E-state index in [1.54, 1.807) is 6.08 Å². The van der Waals surface area contributed by atoms with Gasteiger partial charge in [0, 0.05) is 12.7 Å². The van der Waals surface area contributed by atoms with Crippen molar-refractivity contribution in [2.24, 2.45) is 0 Å². The van der Waals surface area contributed by atoms with Gasteiger partial charge in [-0.1, -0.05) is 26.8 Å². The minimum atomic E-state index is -1.71. The number of methoxy groups -OCH3 is 1. The summed E-state index contributed by atoms with van der Waals surface area (Å²) in [7, 11) is -0.346. The third-order valence-electron chi connectivity index (χ3n) is 4.08. The maximum absolute atomic E-state index is 10.9. The molecule has 5 heteroatoms. The molecular weight excluding hydrogens is 284 g/mol. The first-order valence-electron chi connectivity index (χ1n) is 7.66. The van der Waals surface area contributed by atoms with Gasteiger partial charge in [0.1, 0.15) is 0 Å². The molecule has 0 spiro atoms. The first-order chi connectivity index (χ1) is 9.60. The number of hydrogen-bond acceptors (Lipinski definition) is 4. The maximum atomic E-state index is 10.9. The van der Waals surface area contributed by atoms with Crippen molar-refractivity contribution in [3.8, 4) is 0 Å². The number of aliphatic hydroxyl groups is 1. The highest BCUT2D eigenvalue weighted by atomic mass is 28.4. The molecule has 0 aromatic heterocycles. The molecule has 0 aliphatic carbocycles. The van der Waals surface area contributed by atoms with E-state index in [0.29, 0.717) is 13.0 Å². The molecule has 0 bridgehead atoms. The summed E-state index contributed by atoms with van der Waals surface area (Å²) in [4.78, 5) is 10.9. The molecular formula is C16H32O4Si. The number of carbonyl (C=O) groups excluding carboxylic acids is 1. The van der Waals surface area contributed by atoms with Crippen molar-refractivity contribution in [3.05, 3.63) is 12.2 Å². The van der Waals surface area contributed by atoms with Crippen LogP contribution in [0.3, 0.4) is 0 Å². The van der Waals surface area contributed by atoms with E-state index in [4.69, 9.17) is 4.43 Å². The molecule has 0 saturated carbocycles. The van der Waals surface area contributed by atoms with Crippen LogP contribution in [0.25, 0.3) is 0 Å². The van der Waals surface area contributed by atoms with Crippen molar-refractivity contribution in [1.29, 1.82) is 0 Å². The fourth-order valence-electron chi connectivity index (χ4n) is 1.53. The van der Waals surface area contributed by atoms with Crippen molar-refractivity contribution in [2.45, 2.75) is 70.7 Å². The van der Waals surface area contributed by atoms with Crippen LogP contribution in [-0.2, 0) is 14.0 Å². The Morgan fingerprint density at radius 3 is 2.43 bits per heavy atom. The second kappa shape index (κ2) is 9.38. The van der Waals surface area contributed by atoms with Gasteiger partial charge >= 0.3 is 5.97 Å². The second-order valence-electron chi connectivity index (χ2n) is 6.91. The predicted molar refractivity (Wildman–Crippen MR) is 88.8 cm³/mol. The molecule has 1 atom stereocenters. The number of aliphatic hydroxyl groups excluding tert-OH is 1. The zero-order valence-electron chi connectivity index (χ0n) is 14.4. The number of hydrogen-bond donors (Lipinski definition) is 1. The molecule has 4 nitrogen and oxygen atoms in total. The van der Waals surface area contributed by atoms with Crippen molar-refractivity contribution in [1.82, 2.24) is 0 Å². The molecule has 0 aliphatic rings. The molecule has 0 radical (unpaired) electrons. The predicted octanol–water partition coefficient (Wildman–Crippen LogP) is 3.66. The van der Waals surface area contributed by atoms with E-state index in [2.05, 4.69) is 38.6 Å². The quantitative estimate of drug-likeness (QED) is 0.305. The topological polar surface area (TPSA) is 55.8 Å². The van der Waals surface area contributed by atoms with Gasteiger partial charge in [-0.15, -0.1) is 0 Å². The Morgan fingerprint density at radius 2 is 1.90 bits per heavy atom. The zero-order valence-corrected chi connectivity index (χ0v) is 15.4. The van der Waals surface area contributed by atoms with Gasteiger partial charge in [0.25, 0.3) is 0 Å². The molecule has 21 heavy (non-hydrogen) atoms. The largest absolute Gasteiger partial charge is 0.466 e. The van der Waals surface area contributed by atoms with Gasteiger partial charge < -0.3 is 14.3 Å². The van der Waals surface area contributed by atoms with Crippen molar-refractivity contribution >= 4 is 14.3 Å². The monoisotopic (exact) mass is 316 g/mol. The summed E-state index contributed by atoms with van der Waals surface area (Å²) in [6.07, 6.45) is 5.91. The number of rotatable bonds is 9. The van der Waals surface area contributed by atoms with Crippen molar-refractivity contribution < 1.29 is 19.1 Å². The average Bonchev–Trinajstić information content (AvgIpc) is 2.36. The standard InChI is InChI=1S/C16H32O4Si/c1-16(2,3)21(5,6)20-13-12-14(17)10-8-7-9-11-15(18)19-4/h9,11,14,17H,7-8,10,12-13H2,1-6H3/b11-9+/t14-/m1/s1. The highest BCUT2D eigenvalue weighted by Crippen LogP contribution is 2.36. The molecule has 0 aliphatic heterocycles. The van der Waals surface area contributed by atoms with Crippen LogP contribution in [0.1, 0.15) is 46.5 Å². The van der Waals surface area contributed by atoms with Gasteiger partial charge in [0.05, 0.1) is 13.2 Å². The molecule has 0 amide bonds. The lowest BCUT2D eigenvalue weighted by molar-refractivity contribution is -0.134. The van der Waals surface area contributed by atoms with Crippen molar-refractivity contribution in [2.75, 3.05) is 13.7 Å². The Morgan fingerprint density at radius 1 is 1.29 bits per heavy atom. The summed E-state index contributed by atoms with van der Waals surface area (Å²) in [5, 5.41) is 10.1. The fraction of sp³-hybridized carbons (Fsp3) is 0.812. The Bertz CT molecular complexity index is 332. The average molecular weight is 317 g/mol. The zero-order chi connectivity index (χ0) is 16.5. The fourth-order valence-corrected chi connectivity index (χ4v) is 2.59. The first kappa shape index (κ1) is 20.3. The maximum Gasteiger partial charge on any atom is 0.330 e. The van der Waals surface area contributed by atoms with Crippen LogP contribution in [0.2, 0.25) is 18.1 Å². The molecule has 124 valence electrons. The van der Waals surface area contributed by atoms with E-state index in [9.17, 15) is 9.90 Å². The van der Waals surface area contributed by atoms with E-state index in [1.807, 2.05) is 0 Å². The molecule has 0 aromatic rings. The minimum absolute atomic E-state index is 0.205. The summed E-state index contributed by atoms with van der Waals surface area (Å²) in [5.41, 5.74) is 0. The van der Waals surface area contributed by atoms with Gasteiger partial charge in [-0.3, -0.25) is 0 Å². The highest BCUT2D eigenvalue weighted by molar-refractivity contribution is 6.74. The van der Waals surface area contributed by atoms with Crippen LogP contribution in [0.15, 0.2) is 12.2 Å². The number of carbonyl (C=O) groups is 1. The summed E-state index contributed by atoms with van der Waals surface area (Å²) in [6.45, 7) is 11.7. The molecule has 1 N–H and O–H groups in total. The summed E-state index contributed by atoms with van der Waals surface area (Å²) in [6, 6.07) is 0. The van der Waals surface area contributed by atoms with Gasteiger partial charge in [-0.25, -0.2) is 4.79 Å². The minimum Gasteiger partial charge on any atom is -0.466 e. The lowest BCUT2D eigenvalue weighted by atomic mass is 10.1. The first-order valence-corrected chi connectivity index (χ1v) is 10.6. The van der Waals surface area contributed by atoms with Gasteiger partial charge in [-0.05, 0) is 43.8 Å². The summed E-state index contributed by atoms with van der Waals surface area (Å²) in [5.74, 6) is -0.335. The number of allylic oxidation sites excluding steroid dienone is 1. The lowest BCUT2D eigenvalue weighted by Crippen LogP contribution is -2.41. The van der Waals surface area contributed by atoms with Gasteiger partial charge in [0.2, 0.25) is 0 Å². The van der Waals surface area contributed by atoms with Crippen LogP contribution in [0.4, 0.5) is 0 Å². The third kappa shape index (κ3) is 9.06. The highest BCUT2D eigenvalue weighted by Gasteiger charge is 2.36. The smallest absolute Gasteiger partial charge is 0.330 e. The second-order valence-corrected chi connectivity index (χ2v) is 11.7. The SMILES string of the molecule is COC(=O)/C=C/CCC[C@@H](O)CCO[Si](C)(C)C(C)(C)C. The van der Waals surface area contributed by atoms with Crippen LogP contribution in [-0.4, -0.2) is 39.2 Å². The van der Waals surface area contributed by atoms with Crippen LogP contribution < -0.4 is 0 Å². The van der Waals surface area contributed by atoms with E-state index < -0.39 is 8.32 Å². The van der Waals surface area contributed by atoms with Gasteiger partial charge in [0.15, 0.2) is 8.32 Å². The molecule has 0 heterocycles. The van der Waals surface area contributed by atoms with Crippen LogP contribution in [0.5, 0.6) is 0 Å². The number of ether oxygens (including phenoxy) is 1. The lowest BCUT2D eigenvalue weighted by Gasteiger charge is -2.36. The van der Waals surface area contributed by atoms with E-state index in [0.717, 1.165) is 19.3 Å². The van der Waals surface area contributed by atoms with E-state index >= 15 is 0 Å². The summed E-state index contributed by atoms with van der Waals surface area (Å²) < 4.78 is 10.5. The molecule has 0 unspecified atom stereocenters. The Hall–Kier alpha value is -0.653. The summed E-state index contributed by atoms with van der Waals surface area (Å²) >= 11 is 0. The Balaban J connectivity index is 3.80. The Kier molecular flexibility index (Phi) is 9.09. The Labute approximate surface area is 130 Å². The van der Waals surface area contributed by atoms with Crippen molar-refractivity contribution in [3.63, 3.8) is 0 Å². The number of esters is 1. The molecule has 0 saturated heterocycles. The number of unbranched alkanes of at least 4 members (excludes halogenated alkanes) is 1. The normalized spacial score (nSPS) is 14.4. The van der Waals surface area contributed by atoms with Gasteiger partial charge in [-0.2, -0.15) is 0 Å². The van der Waals surface area contributed by atoms with E-state index in [-0.39, 0.29) is 17.1 Å². The van der Waals surface area contributed by atoms with Crippen LogP contribution in [0, 0.1) is 0 Å². The molecule has 0 rings (SSSR count). The molecule has 0 fully saturated rings.